The number of ether oxygens (including phenoxy) is 1. The number of unbranched alkanes of at least 4 members (excludes halogenated alkanes) is 15. The van der Waals surface area contributed by atoms with Crippen molar-refractivity contribution in [2.24, 2.45) is 0 Å². The van der Waals surface area contributed by atoms with E-state index in [0.717, 1.165) is 23.8 Å². The summed E-state index contributed by atoms with van der Waals surface area (Å²) in [6, 6.07) is 1.34. The summed E-state index contributed by atoms with van der Waals surface area (Å²) in [6.07, 6.45) is 15.5. The quantitative estimate of drug-likeness (QED) is 0.100. The molecular formula is C27H49N3NaO8P. The van der Waals surface area contributed by atoms with Gasteiger partial charge in [0.15, 0.2) is 6.23 Å². The van der Waals surface area contributed by atoms with Gasteiger partial charge in [0.05, 0.1) is 13.2 Å². The molecule has 40 heavy (non-hydrogen) atoms. The largest absolute Gasteiger partial charge is 1.00 e. The molecule has 13 heteroatoms. The fourth-order valence-electron chi connectivity index (χ4n) is 4.74. The fourth-order valence-corrected chi connectivity index (χ4v) is 5.50. The van der Waals surface area contributed by atoms with Crippen LogP contribution in [0, 0.1) is 0 Å². The van der Waals surface area contributed by atoms with Crippen molar-refractivity contribution in [1.82, 2.24) is 9.55 Å². The van der Waals surface area contributed by atoms with Gasteiger partial charge in [0.25, 0.3) is 7.82 Å². The summed E-state index contributed by atoms with van der Waals surface area (Å²) in [7, 11) is -4.61. The van der Waals surface area contributed by atoms with Crippen LogP contribution in [0.5, 0.6) is 0 Å². The van der Waals surface area contributed by atoms with Crippen LogP contribution in [-0.4, -0.2) is 51.3 Å². The van der Waals surface area contributed by atoms with Gasteiger partial charge in [-0.25, -0.2) is 4.79 Å². The summed E-state index contributed by atoms with van der Waals surface area (Å²) in [5, 5.41) is 20.5. The Hall–Kier alpha value is -0.330. The summed E-state index contributed by atoms with van der Waals surface area (Å²) in [4.78, 5) is 27.6. The molecule has 1 fully saturated rings. The van der Waals surface area contributed by atoms with Crippen LogP contribution in [0.3, 0.4) is 0 Å². The zero-order valence-corrected chi connectivity index (χ0v) is 27.3. The van der Waals surface area contributed by atoms with Crippen LogP contribution in [0.4, 0.5) is 5.82 Å². The molecule has 11 nitrogen and oxygen atoms in total. The van der Waals surface area contributed by atoms with Crippen LogP contribution in [-0.2, 0) is 18.3 Å². The van der Waals surface area contributed by atoms with E-state index >= 15 is 0 Å². The van der Waals surface area contributed by atoms with Crippen molar-refractivity contribution in [2.45, 2.75) is 134 Å². The van der Waals surface area contributed by atoms with Gasteiger partial charge in [0, 0.05) is 6.20 Å². The molecule has 0 aromatic carbocycles. The van der Waals surface area contributed by atoms with E-state index in [0.29, 0.717) is 6.42 Å². The Kier molecular flexibility index (Phi) is 20.1. The SMILES string of the molecule is CCCCCCCCCCCCCCCCCCOP(=O)([O-])OC[C@H]1O[C@@H](n2ccc(N)nc2=O)[C@H](O)[C@@H]1O.[Na+]. The van der Waals surface area contributed by atoms with E-state index in [4.69, 9.17) is 19.5 Å². The molecule has 5 atom stereocenters. The number of hydrogen-bond acceptors (Lipinski definition) is 10. The number of aliphatic hydroxyl groups is 2. The molecule has 1 aromatic heterocycles. The second kappa shape index (κ2) is 21.4. The van der Waals surface area contributed by atoms with Crippen molar-refractivity contribution >= 4 is 13.6 Å². The van der Waals surface area contributed by atoms with E-state index in [2.05, 4.69) is 11.9 Å². The number of phosphoric ester groups is 1. The molecule has 0 spiro atoms. The first-order valence-corrected chi connectivity index (χ1v) is 16.2. The predicted octanol–water partition coefficient (Wildman–Crippen LogP) is 1.21. The molecule has 0 saturated carbocycles. The van der Waals surface area contributed by atoms with Crippen molar-refractivity contribution in [3.8, 4) is 0 Å². The van der Waals surface area contributed by atoms with Gasteiger partial charge in [-0.2, -0.15) is 4.98 Å². The molecule has 1 aromatic rings. The molecule has 0 aliphatic carbocycles. The van der Waals surface area contributed by atoms with Crippen LogP contribution >= 0.6 is 7.82 Å². The van der Waals surface area contributed by atoms with Gasteiger partial charge < -0.3 is 34.6 Å². The third kappa shape index (κ3) is 14.7. The second-order valence-corrected chi connectivity index (χ2v) is 11.9. The molecule has 1 unspecified atom stereocenters. The second-order valence-electron chi connectivity index (χ2n) is 10.5. The zero-order chi connectivity index (χ0) is 28.5. The summed E-state index contributed by atoms with van der Waals surface area (Å²) in [5.41, 5.74) is 4.68. The Morgan fingerprint density at radius 1 is 0.925 bits per heavy atom. The van der Waals surface area contributed by atoms with Gasteiger partial charge in [-0.1, -0.05) is 103 Å². The van der Waals surface area contributed by atoms with E-state index in [1.807, 2.05) is 0 Å². The van der Waals surface area contributed by atoms with E-state index in [-0.39, 0.29) is 42.0 Å². The maximum atomic E-state index is 12.1. The van der Waals surface area contributed by atoms with Crippen molar-refractivity contribution in [3.05, 3.63) is 22.7 Å². The van der Waals surface area contributed by atoms with Gasteiger partial charge in [-0.3, -0.25) is 9.13 Å². The van der Waals surface area contributed by atoms with Gasteiger partial charge in [-0.15, -0.1) is 0 Å². The number of nitrogens with two attached hydrogens (primary N) is 1. The minimum Gasteiger partial charge on any atom is -0.756 e. The van der Waals surface area contributed by atoms with E-state index in [9.17, 15) is 24.5 Å². The van der Waals surface area contributed by atoms with Gasteiger partial charge in [0.2, 0.25) is 0 Å². The molecule has 1 saturated heterocycles. The van der Waals surface area contributed by atoms with Crippen LogP contribution in [0.2, 0.25) is 0 Å². The summed E-state index contributed by atoms with van der Waals surface area (Å²) >= 11 is 0. The first-order valence-electron chi connectivity index (χ1n) is 14.7. The maximum absolute atomic E-state index is 12.1. The molecule has 0 amide bonds. The van der Waals surface area contributed by atoms with E-state index < -0.39 is 44.7 Å². The summed E-state index contributed by atoms with van der Waals surface area (Å²) in [6.45, 7) is 1.70. The number of hydrogen-bond donors (Lipinski definition) is 3. The molecule has 0 radical (unpaired) electrons. The Morgan fingerprint density at radius 2 is 1.43 bits per heavy atom. The number of rotatable bonds is 22. The smallest absolute Gasteiger partial charge is 0.756 e. The zero-order valence-electron chi connectivity index (χ0n) is 24.5. The van der Waals surface area contributed by atoms with Crippen LogP contribution in [0.15, 0.2) is 17.1 Å². The maximum Gasteiger partial charge on any atom is 1.00 e. The minimum absolute atomic E-state index is 0. The van der Waals surface area contributed by atoms with Crippen molar-refractivity contribution in [1.29, 1.82) is 0 Å². The predicted molar refractivity (Wildman–Crippen MR) is 148 cm³/mol. The average Bonchev–Trinajstić information content (AvgIpc) is 3.18. The van der Waals surface area contributed by atoms with E-state index in [1.54, 1.807) is 0 Å². The molecular weight excluding hydrogens is 548 g/mol. The van der Waals surface area contributed by atoms with Crippen molar-refractivity contribution in [3.63, 3.8) is 0 Å². The molecule has 4 N–H and O–H groups in total. The Balaban J connectivity index is 0.00000800. The van der Waals surface area contributed by atoms with Gasteiger partial charge >= 0.3 is 35.2 Å². The average molecular weight is 598 g/mol. The standard InChI is InChI=1S/C27H50N3O8P.Na/c1-2-3-4-5-6-7-8-9-10-11-12-13-14-15-16-17-20-36-39(34,35)37-21-22-24(31)25(32)26(38-22)30-19-18-23(28)29-27(30)33;/h18-19,22,24-26,31-32H,2-17,20-21H2,1H3,(H,34,35)(H2,28,29,33);/q;+1/p-1/t22-,24-,25-,26-;/m1./s1. The van der Waals surface area contributed by atoms with Gasteiger partial charge in [0.1, 0.15) is 24.1 Å². The monoisotopic (exact) mass is 597 g/mol. The Labute approximate surface area is 261 Å². The van der Waals surface area contributed by atoms with E-state index in [1.165, 1.54) is 89.3 Å². The number of anilines is 1. The number of aromatic nitrogens is 2. The first-order chi connectivity index (χ1) is 18.7. The number of nitrogens with zero attached hydrogens (tertiary/aromatic N) is 2. The molecule has 2 rings (SSSR count). The van der Waals surface area contributed by atoms with Gasteiger partial charge in [-0.05, 0) is 12.5 Å². The number of nitrogen functional groups attached to an aromatic ring is 1. The third-order valence-electron chi connectivity index (χ3n) is 7.11. The summed E-state index contributed by atoms with van der Waals surface area (Å²) < 4.78 is 28.3. The first kappa shape index (κ1) is 37.7. The molecule has 1 aliphatic heterocycles. The molecule has 226 valence electrons. The van der Waals surface area contributed by atoms with Crippen molar-refractivity contribution in [2.75, 3.05) is 18.9 Å². The summed E-state index contributed by atoms with van der Waals surface area (Å²) in [5.74, 6) is -0.00189. The van der Waals surface area contributed by atoms with Crippen LogP contribution < -0.4 is 45.9 Å². The molecule has 2 heterocycles. The normalized spacial score (nSPS) is 22.2. The van der Waals surface area contributed by atoms with Crippen LogP contribution in [0.25, 0.3) is 0 Å². The topological polar surface area (TPSA) is 169 Å². The van der Waals surface area contributed by atoms with Crippen molar-refractivity contribution < 1.29 is 63.0 Å². The minimum atomic E-state index is -4.61. The Morgan fingerprint density at radius 3 is 1.93 bits per heavy atom. The molecule has 0 bridgehead atoms. The Bertz CT molecular complexity index is 909. The van der Waals surface area contributed by atoms with Crippen LogP contribution in [0.1, 0.15) is 116 Å². The number of phosphoric acid groups is 1. The molecule has 1 aliphatic rings. The number of aliphatic hydroxyl groups excluding tert-OH is 2. The third-order valence-corrected chi connectivity index (χ3v) is 8.07. The fraction of sp³-hybridized carbons (Fsp3) is 0.852.